The number of hydrogen-bond donors (Lipinski definition) is 1. The van der Waals surface area contributed by atoms with Crippen molar-refractivity contribution >= 4 is 17.7 Å². The maximum atomic E-state index is 12.1. The van der Waals surface area contributed by atoms with Gasteiger partial charge in [-0.1, -0.05) is 12.1 Å². The Balaban J connectivity index is 2.02. The number of tetrazole rings is 1. The van der Waals surface area contributed by atoms with Crippen molar-refractivity contribution in [3.8, 4) is 0 Å². The lowest BCUT2D eigenvalue weighted by Gasteiger charge is -2.09. The molecule has 8 heteroatoms. The number of nitrogens with zero attached hydrogens (tertiary/aromatic N) is 4. The molecule has 0 fully saturated rings. The van der Waals surface area contributed by atoms with Crippen molar-refractivity contribution in [2.45, 2.75) is 10.6 Å². The lowest BCUT2D eigenvalue weighted by atomic mass is 10.2. The topological polar surface area (TPSA) is 81.9 Å². The summed E-state index contributed by atoms with van der Waals surface area (Å²) in [6.45, 7) is 0.979. The Bertz CT molecular complexity index is 602. The largest absolute Gasteiger partial charge is 0.383 e. The third-order valence-electron chi connectivity index (χ3n) is 2.79. The fraction of sp³-hybridized carbons (Fsp3) is 0.385. The molecule has 21 heavy (non-hydrogen) atoms. The van der Waals surface area contributed by atoms with Gasteiger partial charge < -0.3 is 10.1 Å². The van der Waals surface area contributed by atoms with Crippen LogP contribution in [0.3, 0.4) is 0 Å². The summed E-state index contributed by atoms with van der Waals surface area (Å²) < 4.78 is 6.54. The molecule has 1 amide bonds. The van der Waals surface area contributed by atoms with Gasteiger partial charge in [-0.3, -0.25) is 4.79 Å². The molecule has 0 aliphatic heterocycles. The van der Waals surface area contributed by atoms with E-state index in [0.717, 1.165) is 10.7 Å². The van der Waals surface area contributed by atoms with E-state index in [1.54, 1.807) is 24.9 Å². The number of thioether (sulfide) groups is 1. The summed E-state index contributed by atoms with van der Waals surface area (Å²) >= 11 is 1.53. The number of carbonyl (C=O) groups excluding carboxylic acids is 1. The Labute approximate surface area is 127 Å². The molecule has 1 heterocycles. The number of rotatable bonds is 7. The van der Waals surface area contributed by atoms with Gasteiger partial charge in [-0.2, -0.15) is 0 Å². The second kappa shape index (κ2) is 7.75. The fourth-order valence-corrected chi connectivity index (χ4v) is 2.67. The summed E-state index contributed by atoms with van der Waals surface area (Å²) in [6, 6.07) is 7.47. The Kier molecular flexibility index (Phi) is 5.70. The predicted molar refractivity (Wildman–Crippen MR) is 79.0 cm³/mol. The van der Waals surface area contributed by atoms with Gasteiger partial charge in [0, 0.05) is 25.6 Å². The van der Waals surface area contributed by atoms with Crippen molar-refractivity contribution in [2.75, 3.05) is 20.3 Å². The van der Waals surface area contributed by atoms with Crippen LogP contribution in [0.2, 0.25) is 0 Å². The van der Waals surface area contributed by atoms with Gasteiger partial charge in [0.05, 0.1) is 17.9 Å². The van der Waals surface area contributed by atoms with Gasteiger partial charge in [0.1, 0.15) is 0 Å². The molecule has 0 aliphatic rings. The van der Waals surface area contributed by atoms with Crippen LogP contribution in [0.4, 0.5) is 0 Å². The highest BCUT2D eigenvalue weighted by atomic mass is 32.2. The van der Waals surface area contributed by atoms with E-state index in [0.29, 0.717) is 24.5 Å². The molecule has 0 saturated heterocycles. The van der Waals surface area contributed by atoms with E-state index in [1.165, 1.54) is 11.8 Å². The second-order valence-electron chi connectivity index (χ2n) is 4.25. The molecule has 1 N–H and O–H groups in total. The molecule has 7 nitrogen and oxygen atoms in total. The third-order valence-corrected chi connectivity index (χ3v) is 3.86. The summed E-state index contributed by atoms with van der Waals surface area (Å²) in [4.78, 5) is 13.0. The zero-order valence-electron chi connectivity index (χ0n) is 11.9. The average Bonchev–Trinajstić information content (AvgIpc) is 2.91. The summed E-state index contributed by atoms with van der Waals surface area (Å²) in [7, 11) is 3.39. The standard InChI is InChI=1S/C13H17N5O2S/c1-18-12(15-16-17-18)9-21-11-6-4-3-5-10(11)13(19)14-7-8-20-2/h3-6H,7-9H2,1-2H3,(H,14,19). The molecule has 112 valence electrons. The molecule has 0 saturated carbocycles. The number of amides is 1. The molecular weight excluding hydrogens is 290 g/mol. The molecular formula is C13H17N5O2S. The molecule has 2 rings (SSSR count). The zero-order valence-corrected chi connectivity index (χ0v) is 12.8. The smallest absolute Gasteiger partial charge is 0.252 e. The van der Waals surface area contributed by atoms with Crippen LogP contribution in [0.5, 0.6) is 0 Å². The normalized spacial score (nSPS) is 10.6. The summed E-state index contributed by atoms with van der Waals surface area (Å²) in [6.07, 6.45) is 0. The van der Waals surface area contributed by atoms with Crippen LogP contribution in [-0.2, 0) is 17.5 Å². The van der Waals surface area contributed by atoms with Gasteiger partial charge in [0.15, 0.2) is 5.82 Å². The molecule has 1 aromatic carbocycles. The SMILES string of the molecule is COCCNC(=O)c1ccccc1SCc1nnnn1C. The highest BCUT2D eigenvalue weighted by Gasteiger charge is 2.12. The highest BCUT2D eigenvalue weighted by molar-refractivity contribution is 7.98. The number of hydrogen-bond acceptors (Lipinski definition) is 6. The molecule has 0 unspecified atom stereocenters. The first-order chi connectivity index (χ1) is 10.2. The minimum atomic E-state index is -0.105. The van der Waals surface area contributed by atoms with E-state index >= 15 is 0 Å². The van der Waals surface area contributed by atoms with Gasteiger partial charge in [0.25, 0.3) is 5.91 Å². The van der Waals surface area contributed by atoms with E-state index in [9.17, 15) is 4.79 Å². The van der Waals surface area contributed by atoms with Crippen molar-refractivity contribution < 1.29 is 9.53 Å². The van der Waals surface area contributed by atoms with Crippen LogP contribution in [0, 0.1) is 0 Å². The number of carbonyl (C=O) groups is 1. The first kappa shape index (κ1) is 15.5. The van der Waals surface area contributed by atoms with Crippen molar-refractivity contribution in [3.05, 3.63) is 35.7 Å². The monoisotopic (exact) mass is 307 g/mol. The molecule has 0 atom stereocenters. The van der Waals surface area contributed by atoms with Gasteiger partial charge >= 0.3 is 0 Å². The first-order valence-electron chi connectivity index (χ1n) is 6.42. The lowest BCUT2D eigenvalue weighted by Crippen LogP contribution is -2.27. The fourth-order valence-electron chi connectivity index (χ4n) is 1.65. The molecule has 0 aliphatic carbocycles. The van der Waals surface area contributed by atoms with E-state index < -0.39 is 0 Å². The maximum Gasteiger partial charge on any atom is 0.252 e. The van der Waals surface area contributed by atoms with Crippen LogP contribution >= 0.6 is 11.8 Å². The average molecular weight is 307 g/mol. The van der Waals surface area contributed by atoms with Gasteiger partial charge in [-0.25, -0.2) is 4.68 Å². The summed E-state index contributed by atoms with van der Waals surface area (Å²) in [5, 5.41) is 14.1. The van der Waals surface area contributed by atoms with Crippen molar-refractivity contribution in [3.63, 3.8) is 0 Å². The Morgan fingerprint density at radius 1 is 1.43 bits per heavy atom. The molecule has 0 spiro atoms. The van der Waals surface area contributed by atoms with Gasteiger partial charge in [0.2, 0.25) is 0 Å². The highest BCUT2D eigenvalue weighted by Crippen LogP contribution is 2.25. The number of aromatic nitrogens is 4. The number of nitrogens with one attached hydrogen (secondary N) is 1. The predicted octanol–water partition coefficient (Wildman–Crippen LogP) is 0.879. The van der Waals surface area contributed by atoms with Crippen LogP contribution in [0.1, 0.15) is 16.2 Å². The van der Waals surface area contributed by atoms with Crippen molar-refractivity contribution in [2.24, 2.45) is 7.05 Å². The number of aryl methyl sites for hydroxylation is 1. The number of benzene rings is 1. The molecule has 1 aromatic heterocycles. The molecule has 2 aromatic rings. The second-order valence-corrected chi connectivity index (χ2v) is 5.27. The van der Waals surface area contributed by atoms with Crippen molar-refractivity contribution in [1.82, 2.24) is 25.5 Å². The number of methoxy groups -OCH3 is 1. The van der Waals surface area contributed by atoms with E-state index in [-0.39, 0.29) is 5.91 Å². The maximum absolute atomic E-state index is 12.1. The Morgan fingerprint density at radius 2 is 2.24 bits per heavy atom. The van der Waals surface area contributed by atoms with E-state index in [1.807, 2.05) is 18.2 Å². The van der Waals surface area contributed by atoms with Crippen LogP contribution in [0.25, 0.3) is 0 Å². The van der Waals surface area contributed by atoms with E-state index in [2.05, 4.69) is 20.8 Å². The lowest BCUT2D eigenvalue weighted by molar-refractivity contribution is 0.0934. The number of ether oxygens (including phenoxy) is 1. The minimum absolute atomic E-state index is 0.105. The van der Waals surface area contributed by atoms with Crippen LogP contribution < -0.4 is 5.32 Å². The quantitative estimate of drug-likeness (QED) is 0.604. The first-order valence-corrected chi connectivity index (χ1v) is 7.41. The molecule has 0 bridgehead atoms. The van der Waals surface area contributed by atoms with Gasteiger partial charge in [-0.15, -0.1) is 16.9 Å². The zero-order chi connectivity index (χ0) is 15.1. The Hall–Kier alpha value is -1.93. The van der Waals surface area contributed by atoms with Crippen LogP contribution in [-0.4, -0.2) is 46.4 Å². The Morgan fingerprint density at radius 3 is 2.95 bits per heavy atom. The third kappa shape index (κ3) is 4.27. The molecule has 0 radical (unpaired) electrons. The van der Waals surface area contributed by atoms with E-state index in [4.69, 9.17) is 4.74 Å². The van der Waals surface area contributed by atoms with Crippen LogP contribution in [0.15, 0.2) is 29.2 Å². The summed E-state index contributed by atoms with van der Waals surface area (Å²) in [5.74, 6) is 1.26. The minimum Gasteiger partial charge on any atom is -0.383 e. The van der Waals surface area contributed by atoms with Gasteiger partial charge in [-0.05, 0) is 22.6 Å². The van der Waals surface area contributed by atoms with Crippen molar-refractivity contribution in [1.29, 1.82) is 0 Å². The summed E-state index contributed by atoms with van der Waals surface area (Å²) in [5.41, 5.74) is 0.647.